The summed E-state index contributed by atoms with van der Waals surface area (Å²) in [5.74, 6) is -3.20. The summed E-state index contributed by atoms with van der Waals surface area (Å²) in [5, 5.41) is 0. The Morgan fingerprint density at radius 1 is 1.39 bits per heavy atom. The number of ether oxygens (including phenoxy) is 3. The Bertz CT molecular complexity index is 413. The predicted octanol–water partition coefficient (Wildman–Crippen LogP) is 1.26. The summed E-state index contributed by atoms with van der Waals surface area (Å²) in [4.78, 5) is 24.1. The molecule has 0 aromatic rings. The molecule has 3 aliphatic carbocycles. The molecule has 6 heteroatoms. The van der Waals surface area contributed by atoms with Crippen molar-refractivity contribution in [3.05, 3.63) is 10.6 Å². The molecule has 1 saturated carbocycles. The maximum atomic E-state index is 12.4. The van der Waals surface area contributed by atoms with Crippen LogP contribution in [0.4, 0.5) is 0 Å². The minimum atomic E-state index is -1.29. The van der Waals surface area contributed by atoms with Crippen LogP contribution in [0.25, 0.3) is 0 Å². The van der Waals surface area contributed by atoms with Crippen LogP contribution in [0.1, 0.15) is 6.42 Å². The summed E-state index contributed by atoms with van der Waals surface area (Å²) in [6, 6.07) is 0. The normalized spacial score (nSPS) is 33.2. The summed E-state index contributed by atoms with van der Waals surface area (Å²) >= 11 is 3.43. The lowest BCUT2D eigenvalue weighted by atomic mass is 9.64. The first kappa shape index (κ1) is 13.7. The molecule has 18 heavy (non-hydrogen) atoms. The van der Waals surface area contributed by atoms with Gasteiger partial charge < -0.3 is 14.2 Å². The van der Waals surface area contributed by atoms with Crippen LogP contribution < -0.4 is 0 Å². The van der Waals surface area contributed by atoms with Gasteiger partial charge in [0.15, 0.2) is 5.78 Å². The van der Waals surface area contributed by atoms with Crippen molar-refractivity contribution in [2.45, 2.75) is 12.2 Å². The second-order valence-electron chi connectivity index (χ2n) is 4.44. The van der Waals surface area contributed by atoms with Crippen molar-refractivity contribution in [1.29, 1.82) is 0 Å². The van der Waals surface area contributed by atoms with Crippen molar-refractivity contribution in [1.82, 2.24) is 0 Å². The first-order valence-corrected chi connectivity index (χ1v) is 6.40. The lowest BCUT2D eigenvalue weighted by molar-refractivity contribution is -0.241. The third-order valence-corrected chi connectivity index (χ3v) is 4.63. The van der Waals surface area contributed by atoms with Crippen LogP contribution in [0.15, 0.2) is 10.6 Å². The van der Waals surface area contributed by atoms with E-state index in [2.05, 4.69) is 15.9 Å². The van der Waals surface area contributed by atoms with Gasteiger partial charge in [-0.3, -0.25) is 9.59 Å². The molecular weight excluding hydrogens is 304 g/mol. The van der Waals surface area contributed by atoms with Gasteiger partial charge in [-0.1, -0.05) is 22.0 Å². The van der Waals surface area contributed by atoms with Gasteiger partial charge in [0.05, 0.1) is 24.9 Å². The van der Waals surface area contributed by atoms with Crippen LogP contribution in [-0.2, 0) is 23.8 Å². The molecular formula is C12H15BrO5. The molecule has 3 aliphatic rings. The van der Waals surface area contributed by atoms with E-state index in [-0.39, 0.29) is 17.7 Å². The molecule has 0 heterocycles. The molecule has 0 unspecified atom stereocenters. The maximum absolute atomic E-state index is 12.4. The molecule has 0 radical (unpaired) electrons. The fraction of sp³-hybridized carbons (Fsp3) is 0.667. The van der Waals surface area contributed by atoms with Gasteiger partial charge in [0.1, 0.15) is 0 Å². The van der Waals surface area contributed by atoms with E-state index in [0.717, 1.165) is 4.48 Å². The number of carbonyl (C=O) groups excluding carboxylic acids is 2. The number of hydrogen-bond acceptors (Lipinski definition) is 5. The van der Waals surface area contributed by atoms with E-state index >= 15 is 0 Å². The molecule has 100 valence electrons. The monoisotopic (exact) mass is 318 g/mol. The summed E-state index contributed by atoms with van der Waals surface area (Å²) < 4.78 is 16.2. The Labute approximate surface area is 114 Å². The standard InChI is InChI=1S/C12H15BrO5/c1-16-11(15)7-4-8-9(13)5-6(7)10(14)12(8,17-2)18-3/h5-8H,4H2,1-3H3/t6-,7+,8+/m0/s1. The number of halogens is 1. The van der Waals surface area contributed by atoms with Gasteiger partial charge in [-0.25, -0.2) is 0 Å². The Balaban J connectivity index is 2.42. The Morgan fingerprint density at radius 3 is 2.50 bits per heavy atom. The van der Waals surface area contributed by atoms with Gasteiger partial charge in [-0.05, 0) is 6.42 Å². The Morgan fingerprint density at radius 2 is 2.00 bits per heavy atom. The summed E-state index contributed by atoms with van der Waals surface area (Å²) in [7, 11) is 4.21. The van der Waals surface area contributed by atoms with Crippen molar-refractivity contribution in [2.75, 3.05) is 21.3 Å². The minimum Gasteiger partial charge on any atom is -0.469 e. The third-order valence-electron chi connectivity index (χ3n) is 3.81. The van der Waals surface area contributed by atoms with E-state index in [1.165, 1.54) is 21.3 Å². The van der Waals surface area contributed by atoms with Gasteiger partial charge in [0.25, 0.3) is 0 Å². The van der Waals surface area contributed by atoms with Crippen molar-refractivity contribution >= 4 is 27.7 Å². The van der Waals surface area contributed by atoms with E-state index in [1.807, 2.05) is 0 Å². The lowest BCUT2D eigenvalue weighted by Gasteiger charge is -2.48. The molecule has 0 spiro atoms. The molecule has 0 amide bonds. The average molecular weight is 319 g/mol. The maximum Gasteiger partial charge on any atom is 0.309 e. The fourth-order valence-corrected chi connectivity index (χ4v) is 3.65. The molecule has 0 aromatic heterocycles. The van der Waals surface area contributed by atoms with E-state index < -0.39 is 17.6 Å². The highest BCUT2D eigenvalue weighted by Gasteiger charge is 2.61. The predicted molar refractivity (Wildman–Crippen MR) is 65.9 cm³/mol. The zero-order valence-electron chi connectivity index (χ0n) is 10.4. The third kappa shape index (κ3) is 1.66. The van der Waals surface area contributed by atoms with Crippen LogP contribution >= 0.6 is 15.9 Å². The Kier molecular flexibility index (Phi) is 3.62. The molecule has 0 aromatic carbocycles. The SMILES string of the molecule is COC(=O)[C@@H]1C[C@@H]2C(Br)=C[C@@H]1C(=O)C2(OC)OC. The van der Waals surface area contributed by atoms with E-state index in [1.54, 1.807) is 6.08 Å². The first-order valence-electron chi connectivity index (χ1n) is 5.61. The van der Waals surface area contributed by atoms with E-state index in [0.29, 0.717) is 6.42 Å². The number of rotatable bonds is 3. The number of hydrogen-bond donors (Lipinski definition) is 0. The summed E-state index contributed by atoms with van der Waals surface area (Å²) in [6.07, 6.45) is 2.23. The molecule has 0 saturated heterocycles. The van der Waals surface area contributed by atoms with Crippen molar-refractivity contribution in [3.63, 3.8) is 0 Å². The van der Waals surface area contributed by atoms with E-state index in [9.17, 15) is 9.59 Å². The number of carbonyl (C=O) groups is 2. The van der Waals surface area contributed by atoms with Crippen molar-refractivity contribution in [2.24, 2.45) is 17.8 Å². The Hall–Kier alpha value is -0.720. The topological polar surface area (TPSA) is 61.8 Å². The molecule has 5 nitrogen and oxygen atoms in total. The number of ketones is 1. The summed E-state index contributed by atoms with van der Waals surface area (Å²) in [6.45, 7) is 0. The molecule has 0 N–H and O–H groups in total. The van der Waals surface area contributed by atoms with E-state index in [4.69, 9.17) is 14.2 Å². The quantitative estimate of drug-likeness (QED) is 0.579. The number of Topliss-reactive ketones (excluding diaryl/α,β-unsaturated/α-hetero) is 1. The molecule has 0 aliphatic heterocycles. The lowest BCUT2D eigenvalue weighted by Crippen LogP contribution is -2.61. The van der Waals surface area contributed by atoms with Crippen molar-refractivity contribution in [3.8, 4) is 0 Å². The van der Waals surface area contributed by atoms with Gasteiger partial charge in [0, 0.05) is 18.7 Å². The number of methoxy groups -OCH3 is 3. The number of esters is 1. The van der Waals surface area contributed by atoms with Gasteiger partial charge in [-0.15, -0.1) is 0 Å². The number of fused-ring (bicyclic) bond motifs is 2. The molecule has 3 atom stereocenters. The highest BCUT2D eigenvalue weighted by Crippen LogP contribution is 2.51. The largest absolute Gasteiger partial charge is 0.469 e. The van der Waals surface area contributed by atoms with Crippen LogP contribution in [0, 0.1) is 17.8 Å². The zero-order valence-corrected chi connectivity index (χ0v) is 12.0. The first-order chi connectivity index (χ1) is 8.51. The second kappa shape index (κ2) is 4.75. The zero-order chi connectivity index (χ0) is 13.5. The highest BCUT2D eigenvalue weighted by molar-refractivity contribution is 9.11. The van der Waals surface area contributed by atoms with Crippen LogP contribution in [0.5, 0.6) is 0 Å². The van der Waals surface area contributed by atoms with Crippen LogP contribution in [-0.4, -0.2) is 38.9 Å². The molecule has 3 rings (SSSR count). The fourth-order valence-electron chi connectivity index (χ4n) is 2.88. The highest BCUT2D eigenvalue weighted by atomic mass is 79.9. The molecule has 1 fully saturated rings. The summed E-state index contributed by atoms with van der Waals surface area (Å²) in [5.41, 5.74) is 0. The second-order valence-corrected chi connectivity index (χ2v) is 5.35. The smallest absolute Gasteiger partial charge is 0.309 e. The van der Waals surface area contributed by atoms with Crippen molar-refractivity contribution < 1.29 is 23.8 Å². The van der Waals surface area contributed by atoms with Gasteiger partial charge in [0.2, 0.25) is 5.79 Å². The minimum absolute atomic E-state index is 0.220. The molecule has 2 bridgehead atoms. The van der Waals surface area contributed by atoms with Gasteiger partial charge >= 0.3 is 5.97 Å². The van der Waals surface area contributed by atoms with Gasteiger partial charge in [-0.2, -0.15) is 0 Å². The number of allylic oxidation sites excluding steroid dienone is 1. The average Bonchev–Trinajstić information content (AvgIpc) is 2.39. The van der Waals surface area contributed by atoms with Crippen LogP contribution in [0.2, 0.25) is 0 Å². The van der Waals surface area contributed by atoms with Crippen LogP contribution in [0.3, 0.4) is 0 Å².